The van der Waals surface area contributed by atoms with E-state index in [0.717, 1.165) is 59.7 Å². The van der Waals surface area contributed by atoms with Gasteiger partial charge in [-0.25, -0.2) is 4.79 Å². The molecule has 1 fully saturated rings. The highest BCUT2D eigenvalue weighted by atomic mass is 16.6. The Morgan fingerprint density at radius 3 is 2.70 bits per heavy atom. The van der Waals surface area contributed by atoms with Crippen molar-refractivity contribution in [1.82, 2.24) is 4.90 Å². The highest BCUT2D eigenvalue weighted by Gasteiger charge is 2.37. The molecule has 2 heterocycles. The Hall–Kier alpha value is -4.44. The number of piperidine rings is 1. The Balaban J connectivity index is 1.25. The quantitative estimate of drug-likeness (QED) is 0.0735. The SMILES string of the molecule is COc1ccccc1COCCCOc1ccc([C@H]2CCN(C(=O)OC(C)(C)C)C[C@@H]2OC(CCN=[N+]=[N-])c2ccc3c(c2)NCCC3)cc1. The smallest absolute Gasteiger partial charge is 0.410 e. The number of anilines is 1. The molecule has 2 aliphatic heterocycles. The van der Waals surface area contributed by atoms with E-state index < -0.39 is 5.60 Å². The highest BCUT2D eigenvalue weighted by molar-refractivity contribution is 5.68. The summed E-state index contributed by atoms with van der Waals surface area (Å²) in [4.78, 5) is 17.9. The monoisotopic (exact) mass is 685 g/mol. The van der Waals surface area contributed by atoms with E-state index in [4.69, 9.17) is 29.2 Å². The number of likely N-dealkylation sites (tertiary alicyclic amines) is 1. The second-order valence-corrected chi connectivity index (χ2v) is 13.8. The van der Waals surface area contributed by atoms with Gasteiger partial charge in [0.25, 0.3) is 0 Å². The molecule has 50 heavy (non-hydrogen) atoms. The molecule has 1 amide bonds. The molecule has 0 aromatic heterocycles. The van der Waals surface area contributed by atoms with Gasteiger partial charge in [0.05, 0.1) is 45.7 Å². The number of carbonyl (C=O) groups excluding carboxylic acids is 1. The zero-order valence-electron chi connectivity index (χ0n) is 29.8. The third-order valence-electron chi connectivity index (χ3n) is 9.01. The summed E-state index contributed by atoms with van der Waals surface area (Å²) in [7, 11) is 1.66. The van der Waals surface area contributed by atoms with Gasteiger partial charge in [0, 0.05) is 48.1 Å². The molecule has 2 aliphatic rings. The van der Waals surface area contributed by atoms with Gasteiger partial charge in [0.2, 0.25) is 0 Å². The number of methoxy groups -OCH3 is 1. The minimum Gasteiger partial charge on any atom is -0.496 e. The van der Waals surface area contributed by atoms with Crippen molar-refractivity contribution in [3.63, 3.8) is 0 Å². The number of amides is 1. The fourth-order valence-electron chi connectivity index (χ4n) is 6.52. The minimum atomic E-state index is -0.602. The first-order chi connectivity index (χ1) is 24.2. The lowest BCUT2D eigenvalue weighted by Gasteiger charge is -2.40. The molecule has 0 spiro atoms. The summed E-state index contributed by atoms with van der Waals surface area (Å²) in [5.41, 5.74) is 14.0. The molecule has 5 rings (SSSR count). The van der Waals surface area contributed by atoms with E-state index >= 15 is 0 Å². The van der Waals surface area contributed by atoms with Crippen LogP contribution in [0.3, 0.4) is 0 Å². The maximum absolute atomic E-state index is 13.2. The lowest BCUT2D eigenvalue weighted by molar-refractivity contribution is -0.0667. The van der Waals surface area contributed by atoms with Crippen molar-refractivity contribution in [3.8, 4) is 11.5 Å². The van der Waals surface area contributed by atoms with Crippen LogP contribution in [-0.2, 0) is 27.2 Å². The van der Waals surface area contributed by atoms with Crippen LogP contribution in [0.1, 0.15) is 80.7 Å². The normalized spacial score (nSPS) is 17.9. The van der Waals surface area contributed by atoms with Crippen LogP contribution >= 0.6 is 0 Å². The first-order valence-corrected chi connectivity index (χ1v) is 17.7. The number of azide groups is 1. The number of carbonyl (C=O) groups is 1. The van der Waals surface area contributed by atoms with Crippen molar-refractivity contribution in [2.24, 2.45) is 5.11 Å². The van der Waals surface area contributed by atoms with E-state index in [9.17, 15) is 4.79 Å². The lowest BCUT2D eigenvalue weighted by Crippen LogP contribution is -2.48. The minimum absolute atomic E-state index is 0.0313. The number of hydrogen-bond acceptors (Lipinski definition) is 8. The predicted octanol–water partition coefficient (Wildman–Crippen LogP) is 8.59. The Labute approximate surface area is 295 Å². The maximum Gasteiger partial charge on any atom is 0.410 e. The fraction of sp³-hybridized carbons (Fsp3) is 0.513. The largest absolute Gasteiger partial charge is 0.496 e. The fourth-order valence-corrected chi connectivity index (χ4v) is 6.52. The number of ether oxygens (including phenoxy) is 5. The summed E-state index contributed by atoms with van der Waals surface area (Å²) in [6, 6.07) is 22.5. The average Bonchev–Trinajstić information content (AvgIpc) is 3.12. The predicted molar refractivity (Wildman–Crippen MR) is 194 cm³/mol. The number of nitrogens with zero attached hydrogens (tertiary/aromatic N) is 4. The number of rotatable bonds is 15. The number of nitrogens with one attached hydrogen (secondary N) is 1. The van der Waals surface area contributed by atoms with Gasteiger partial charge in [-0.3, -0.25) is 0 Å². The first kappa shape index (κ1) is 36.8. The molecule has 3 aromatic carbocycles. The Morgan fingerprint density at radius 2 is 1.92 bits per heavy atom. The third-order valence-corrected chi connectivity index (χ3v) is 9.01. The number of fused-ring (bicyclic) bond motifs is 1. The highest BCUT2D eigenvalue weighted by Crippen LogP contribution is 2.37. The van der Waals surface area contributed by atoms with E-state index in [2.05, 4.69) is 45.7 Å². The van der Waals surface area contributed by atoms with Crippen molar-refractivity contribution in [2.75, 3.05) is 51.8 Å². The summed E-state index contributed by atoms with van der Waals surface area (Å²) < 4.78 is 30.0. The van der Waals surface area contributed by atoms with Crippen LogP contribution in [0.25, 0.3) is 10.4 Å². The number of para-hydroxylation sites is 1. The zero-order valence-corrected chi connectivity index (χ0v) is 29.8. The molecule has 11 nitrogen and oxygen atoms in total. The van der Waals surface area contributed by atoms with Gasteiger partial charge < -0.3 is 33.9 Å². The van der Waals surface area contributed by atoms with Crippen molar-refractivity contribution < 1.29 is 28.5 Å². The molecule has 1 saturated heterocycles. The molecular weight excluding hydrogens is 634 g/mol. The van der Waals surface area contributed by atoms with Crippen LogP contribution in [0.15, 0.2) is 71.8 Å². The summed E-state index contributed by atoms with van der Waals surface area (Å²) in [5, 5.41) is 7.34. The molecule has 1 N–H and O–H groups in total. The standard InChI is InChI=1S/C39H51N5O6/c1-39(2,3)50-38(45)44-22-19-33(28-14-16-32(17-15-28)48-24-8-23-47-27-31-9-5-6-11-35(31)46-4)37(26-44)49-36(18-21-42-43-40)30-13-12-29-10-7-20-41-34(29)25-30/h5-6,9,11-17,25,33,36-37,41H,7-8,10,18-24,26-27H2,1-4H3/t33-,36?,37+/m1/s1. The molecule has 11 heteroatoms. The van der Waals surface area contributed by atoms with Gasteiger partial charge in [0.15, 0.2) is 0 Å². The molecule has 1 unspecified atom stereocenters. The topological polar surface area (TPSA) is 127 Å². The first-order valence-electron chi connectivity index (χ1n) is 17.7. The Morgan fingerprint density at radius 1 is 1.10 bits per heavy atom. The zero-order chi connectivity index (χ0) is 35.3. The van der Waals surface area contributed by atoms with Gasteiger partial charge in [-0.1, -0.05) is 47.6 Å². The van der Waals surface area contributed by atoms with Gasteiger partial charge in [-0.2, -0.15) is 0 Å². The Bertz CT molecular complexity index is 1590. The molecule has 0 saturated carbocycles. The third kappa shape index (κ3) is 10.5. The molecular formula is C39H51N5O6. The van der Waals surface area contributed by atoms with Crippen LogP contribution in [-0.4, -0.2) is 69.2 Å². The second-order valence-electron chi connectivity index (χ2n) is 13.8. The van der Waals surface area contributed by atoms with Gasteiger partial charge >= 0.3 is 6.09 Å². The molecule has 0 aliphatic carbocycles. The van der Waals surface area contributed by atoms with Gasteiger partial charge in [-0.15, -0.1) is 0 Å². The number of hydrogen-bond donors (Lipinski definition) is 1. The van der Waals surface area contributed by atoms with Crippen molar-refractivity contribution in [3.05, 3.63) is 99.4 Å². The number of benzene rings is 3. The van der Waals surface area contributed by atoms with Gasteiger partial charge in [0.1, 0.15) is 17.1 Å². The summed E-state index contributed by atoms with van der Waals surface area (Å²) in [5.74, 6) is 1.64. The van der Waals surface area contributed by atoms with E-state index in [1.165, 1.54) is 5.56 Å². The summed E-state index contributed by atoms with van der Waals surface area (Å²) in [6.07, 6.45) is 3.15. The molecule has 3 atom stereocenters. The second kappa shape index (κ2) is 18.0. The Kier molecular flexibility index (Phi) is 13.3. The van der Waals surface area contributed by atoms with E-state index in [0.29, 0.717) is 52.3 Å². The van der Waals surface area contributed by atoms with Crippen LogP contribution in [0.5, 0.6) is 11.5 Å². The van der Waals surface area contributed by atoms with E-state index in [1.807, 2.05) is 57.2 Å². The number of aryl methyl sites for hydroxylation is 1. The summed E-state index contributed by atoms with van der Waals surface area (Å²) >= 11 is 0. The van der Waals surface area contributed by atoms with Gasteiger partial charge in [-0.05, 0) is 92.9 Å². The van der Waals surface area contributed by atoms with Crippen molar-refractivity contribution in [2.45, 2.75) is 83.2 Å². The van der Waals surface area contributed by atoms with Crippen LogP contribution in [0, 0.1) is 0 Å². The summed E-state index contributed by atoms with van der Waals surface area (Å²) in [6.45, 7) is 9.41. The molecule has 268 valence electrons. The molecule has 0 bridgehead atoms. The van der Waals surface area contributed by atoms with Crippen LogP contribution in [0.4, 0.5) is 10.5 Å². The van der Waals surface area contributed by atoms with Crippen LogP contribution in [0.2, 0.25) is 0 Å². The van der Waals surface area contributed by atoms with E-state index in [-0.39, 0.29) is 24.2 Å². The van der Waals surface area contributed by atoms with Crippen LogP contribution < -0.4 is 14.8 Å². The molecule has 3 aromatic rings. The van der Waals surface area contributed by atoms with Crippen molar-refractivity contribution in [1.29, 1.82) is 0 Å². The lowest BCUT2D eigenvalue weighted by atomic mass is 9.86. The average molecular weight is 686 g/mol. The maximum atomic E-state index is 13.2. The van der Waals surface area contributed by atoms with E-state index in [1.54, 1.807) is 12.0 Å². The van der Waals surface area contributed by atoms with Crippen molar-refractivity contribution >= 4 is 11.8 Å². The molecule has 0 radical (unpaired) electrons.